The normalized spacial score (nSPS) is 12.1. The molecule has 0 aliphatic rings. The molecule has 0 saturated carbocycles. The van der Waals surface area contributed by atoms with Crippen molar-refractivity contribution in [1.82, 2.24) is 10.2 Å². The summed E-state index contributed by atoms with van der Waals surface area (Å²) in [7, 11) is -4.23. The summed E-state index contributed by atoms with van der Waals surface area (Å²) in [6.45, 7) is 8.33. The van der Waals surface area contributed by atoms with E-state index in [0.29, 0.717) is 11.3 Å². The summed E-state index contributed by atoms with van der Waals surface area (Å²) in [5, 5.41) is 2.90. The molecular weight excluding hydrogens is 589 g/mol. The fourth-order valence-electron chi connectivity index (χ4n) is 5.10. The summed E-state index contributed by atoms with van der Waals surface area (Å²) < 4.78 is 44.6. The summed E-state index contributed by atoms with van der Waals surface area (Å²) in [4.78, 5) is 29.6. The van der Waals surface area contributed by atoms with Crippen LogP contribution in [0.3, 0.4) is 0 Å². The third kappa shape index (κ3) is 8.16. The van der Waals surface area contributed by atoms with Crippen molar-refractivity contribution in [3.05, 3.63) is 131 Å². The molecule has 0 radical (unpaired) electrons. The van der Waals surface area contributed by atoms with Crippen molar-refractivity contribution >= 4 is 27.5 Å². The van der Waals surface area contributed by atoms with E-state index in [9.17, 15) is 18.0 Å². The van der Waals surface area contributed by atoms with Gasteiger partial charge in [0.1, 0.15) is 18.4 Å². The highest BCUT2D eigenvalue weighted by molar-refractivity contribution is 7.92. The van der Waals surface area contributed by atoms with Gasteiger partial charge in [-0.1, -0.05) is 78.4 Å². The van der Waals surface area contributed by atoms with Gasteiger partial charge in [-0.2, -0.15) is 0 Å². The van der Waals surface area contributed by atoms with Crippen LogP contribution in [0.1, 0.15) is 41.7 Å². The number of carbonyl (C=O) groups is 2. The van der Waals surface area contributed by atoms with Crippen molar-refractivity contribution in [2.24, 2.45) is 0 Å². The lowest BCUT2D eigenvalue weighted by molar-refractivity contribution is -0.140. The van der Waals surface area contributed by atoms with E-state index in [1.807, 2.05) is 64.1 Å². The Balaban J connectivity index is 1.85. The molecule has 0 spiro atoms. The van der Waals surface area contributed by atoms with E-state index < -0.39 is 40.2 Å². The topological polar surface area (TPSA) is 86.8 Å². The number of nitrogens with zero attached hydrogens (tertiary/aromatic N) is 2. The van der Waals surface area contributed by atoms with Crippen LogP contribution in [-0.2, 0) is 32.6 Å². The number of rotatable bonds is 12. The van der Waals surface area contributed by atoms with Crippen molar-refractivity contribution < 1.29 is 22.4 Å². The molecule has 0 unspecified atom stereocenters. The first-order valence-corrected chi connectivity index (χ1v) is 16.3. The molecule has 0 heterocycles. The predicted octanol–water partition coefficient (Wildman–Crippen LogP) is 6.11. The van der Waals surface area contributed by atoms with Gasteiger partial charge in [-0.3, -0.25) is 13.9 Å². The molecule has 0 aromatic heterocycles. The second kappa shape index (κ2) is 14.5. The van der Waals surface area contributed by atoms with Crippen molar-refractivity contribution in [1.29, 1.82) is 0 Å². The van der Waals surface area contributed by atoms with Crippen LogP contribution in [0.15, 0.2) is 102 Å². The van der Waals surface area contributed by atoms with Gasteiger partial charge in [-0.25, -0.2) is 12.8 Å². The van der Waals surface area contributed by atoms with E-state index in [1.54, 1.807) is 49.4 Å². The van der Waals surface area contributed by atoms with Gasteiger partial charge in [-0.05, 0) is 75.6 Å². The molecule has 2 amide bonds. The number of hydrogen-bond donors (Lipinski definition) is 1. The first-order chi connectivity index (χ1) is 21.4. The zero-order valence-corrected chi connectivity index (χ0v) is 27.1. The summed E-state index contributed by atoms with van der Waals surface area (Å²) >= 11 is 0. The number of aryl methyl sites for hydroxylation is 2. The Morgan fingerprint density at radius 3 is 2.11 bits per heavy atom. The first kappa shape index (κ1) is 33.4. The second-order valence-corrected chi connectivity index (χ2v) is 13.4. The maximum absolute atomic E-state index is 15.0. The average molecular weight is 630 g/mol. The number of nitrogens with one attached hydrogen (secondary N) is 1. The summed E-state index contributed by atoms with van der Waals surface area (Å²) in [6.07, 6.45) is 0.147. The van der Waals surface area contributed by atoms with Crippen LogP contribution in [0.5, 0.6) is 0 Å². The Bertz CT molecular complexity index is 1740. The lowest BCUT2D eigenvalue weighted by Crippen LogP contribution is -2.54. The Morgan fingerprint density at radius 1 is 0.822 bits per heavy atom. The lowest BCUT2D eigenvalue weighted by atomic mass is 10.0. The lowest BCUT2D eigenvalue weighted by Gasteiger charge is -2.34. The highest BCUT2D eigenvalue weighted by Gasteiger charge is 2.35. The highest BCUT2D eigenvalue weighted by Crippen LogP contribution is 2.29. The molecule has 0 aliphatic heterocycles. The monoisotopic (exact) mass is 629 g/mol. The zero-order valence-electron chi connectivity index (χ0n) is 26.3. The number of sulfonamides is 1. The molecule has 236 valence electrons. The van der Waals surface area contributed by atoms with E-state index in [1.165, 1.54) is 23.1 Å². The van der Waals surface area contributed by atoms with Crippen LogP contribution in [0.2, 0.25) is 0 Å². The SMILES string of the molecule is Cc1ccc(S(=O)(=O)N(CC(=O)N(Cc2ccccc2F)[C@H](Cc2ccccc2)C(=O)NC(C)C)c2cccc(C)c2C)cc1. The Morgan fingerprint density at radius 2 is 1.47 bits per heavy atom. The number of hydrogen-bond acceptors (Lipinski definition) is 4. The fourth-order valence-corrected chi connectivity index (χ4v) is 6.57. The first-order valence-electron chi connectivity index (χ1n) is 14.9. The Hall–Kier alpha value is -4.50. The third-order valence-electron chi connectivity index (χ3n) is 7.73. The van der Waals surface area contributed by atoms with Crippen molar-refractivity contribution in [2.45, 2.75) is 64.6 Å². The molecule has 4 rings (SSSR count). The van der Waals surface area contributed by atoms with E-state index in [2.05, 4.69) is 5.32 Å². The minimum absolute atomic E-state index is 0.0286. The zero-order chi connectivity index (χ0) is 32.7. The molecule has 0 fully saturated rings. The molecule has 4 aromatic carbocycles. The molecular formula is C36H40FN3O4S. The van der Waals surface area contributed by atoms with Crippen LogP contribution in [0, 0.1) is 26.6 Å². The van der Waals surface area contributed by atoms with E-state index in [0.717, 1.165) is 21.0 Å². The molecule has 7 nitrogen and oxygen atoms in total. The Labute approximate surface area is 265 Å². The van der Waals surface area contributed by atoms with Crippen LogP contribution in [0.4, 0.5) is 10.1 Å². The molecule has 9 heteroatoms. The van der Waals surface area contributed by atoms with Gasteiger partial charge in [-0.15, -0.1) is 0 Å². The van der Waals surface area contributed by atoms with Gasteiger partial charge >= 0.3 is 0 Å². The number of benzene rings is 4. The standard InChI is InChI=1S/C36H40FN3O4S/c1-25(2)38-36(42)34(22-29-13-7-6-8-14-29)39(23-30-15-9-10-16-32(30)37)35(41)24-40(33-17-11-12-27(4)28(33)5)45(43,44)31-20-18-26(3)19-21-31/h6-21,25,34H,22-24H2,1-5H3,(H,38,42)/t34-/m1/s1. The molecule has 0 bridgehead atoms. The number of carbonyl (C=O) groups excluding carboxylic acids is 2. The van der Waals surface area contributed by atoms with Crippen molar-refractivity contribution in [2.75, 3.05) is 10.8 Å². The smallest absolute Gasteiger partial charge is 0.264 e. The Kier molecular flexibility index (Phi) is 10.8. The maximum Gasteiger partial charge on any atom is 0.264 e. The van der Waals surface area contributed by atoms with Gasteiger partial charge in [0.05, 0.1) is 10.6 Å². The molecule has 0 saturated heterocycles. The second-order valence-electron chi connectivity index (χ2n) is 11.5. The third-order valence-corrected chi connectivity index (χ3v) is 9.51. The quantitative estimate of drug-likeness (QED) is 0.205. The van der Waals surface area contributed by atoms with Crippen molar-refractivity contribution in [3.63, 3.8) is 0 Å². The van der Waals surface area contributed by atoms with Crippen LogP contribution in [0.25, 0.3) is 0 Å². The molecule has 45 heavy (non-hydrogen) atoms. The van der Waals surface area contributed by atoms with Gasteiger partial charge in [0.2, 0.25) is 11.8 Å². The largest absolute Gasteiger partial charge is 0.352 e. The van der Waals surface area contributed by atoms with E-state index in [-0.39, 0.29) is 29.5 Å². The van der Waals surface area contributed by atoms with Crippen LogP contribution in [-0.4, -0.2) is 43.8 Å². The summed E-state index contributed by atoms with van der Waals surface area (Å²) in [5.74, 6) is -1.59. The minimum atomic E-state index is -4.23. The van der Waals surface area contributed by atoms with Crippen molar-refractivity contribution in [3.8, 4) is 0 Å². The van der Waals surface area contributed by atoms with Gasteiger partial charge in [0.15, 0.2) is 0 Å². The van der Waals surface area contributed by atoms with E-state index >= 15 is 4.39 Å². The molecule has 4 aromatic rings. The summed E-state index contributed by atoms with van der Waals surface area (Å²) in [6, 6.07) is 25.7. The summed E-state index contributed by atoms with van der Waals surface area (Å²) in [5.41, 5.74) is 3.79. The van der Waals surface area contributed by atoms with Gasteiger partial charge in [0, 0.05) is 24.6 Å². The van der Waals surface area contributed by atoms with Crippen LogP contribution < -0.4 is 9.62 Å². The number of halogens is 1. The number of anilines is 1. The average Bonchev–Trinajstić information content (AvgIpc) is 3.00. The van der Waals surface area contributed by atoms with Gasteiger partial charge in [0.25, 0.3) is 10.0 Å². The predicted molar refractivity (Wildman–Crippen MR) is 176 cm³/mol. The van der Waals surface area contributed by atoms with E-state index in [4.69, 9.17) is 0 Å². The highest BCUT2D eigenvalue weighted by atomic mass is 32.2. The molecule has 1 atom stereocenters. The van der Waals surface area contributed by atoms with Gasteiger partial charge < -0.3 is 10.2 Å². The number of amides is 2. The fraction of sp³-hybridized carbons (Fsp3) is 0.278. The molecule has 1 N–H and O–H groups in total. The minimum Gasteiger partial charge on any atom is -0.352 e. The maximum atomic E-state index is 15.0. The van der Waals surface area contributed by atoms with Crippen LogP contribution >= 0.6 is 0 Å². The molecule has 0 aliphatic carbocycles.